The Balaban J connectivity index is 1.48. The highest BCUT2D eigenvalue weighted by Gasteiger charge is 2.41. The number of hydrogen-bond acceptors (Lipinski definition) is 3. The summed E-state index contributed by atoms with van der Waals surface area (Å²) in [5.74, 6) is 0. The van der Waals surface area contributed by atoms with Crippen LogP contribution in [0.5, 0.6) is 0 Å². The lowest BCUT2D eigenvalue weighted by Gasteiger charge is -2.43. The molecule has 2 aliphatic heterocycles. The lowest BCUT2D eigenvalue weighted by atomic mass is 9.91. The fourth-order valence-electron chi connectivity index (χ4n) is 5.40. The van der Waals surface area contributed by atoms with E-state index < -0.39 is 11.1 Å². The minimum atomic E-state index is -0.524. The molecule has 28 heavy (non-hydrogen) atoms. The van der Waals surface area contributed by atoms with Crippen LogP contribution in [0.1, 0.15) is 51.0 Å². The van der Waals surface area contributed by atoms with Crippen LogP contribution in [0.15, 0.2) is 58.2 Å². The average molecular weight is 377 g/mol. The summed E-state index contributed by atoms with van der Waals surface area (Å²) in [6.07, 6.45) is 17.4. The van der Waals surface area contributed by atoms with Gasteiger partial charge in [0.25, 0.3) is 0 Å². The number of aromatic nitrogens is 2. The number of nitrogens with one attached hydrogen (secondary N) is 1. The zero-order valence-electron chi connectivity index (χ0n) is 16.1. The maximum absolute atomic E-state index is 12.8. The number of H-pyrrole nitrogens is 1. The second-order valence-corrected chi connectivity index (χ2v) is 8.37. The van der Waals surface area contributed by atoms with Crippen LogP contribution < -0.4 is 11.1 Å². The van der Waals surface area contributed by atoms with Gasteiger partial charge in [0.2, 0.25) is 0 Å². The number of hydrogen-bond donors (Lipinski definition) is 1. The molecule has 3 aliphatic rings. The number of aromatic amines is 1. The number of benzene rings is 1. The van der Waals surface area contributed by atoms with Crippen molar-refractivity contribution in [1.82, 2.24) is 14.5 Å². The molecule has 2 unspecified atom stereocenters. The van der Waals surface area contributed by atoms with Crippen molar-refractivity contribution in [2.24, 2.45) is 0 Å². The van der Waals surface area contributed by atoms with Crippen LogP contribution in [-0.2, 0) is 0 Å². The van der Waals surface area contributed by atoms with E-state index in [1.807, 2.05) is 24.3 Å². The smallest absolute Gasteiger partial charge is 0.316 e. The van der Waals surface area contributed by atoms with Gasteiger partial charge in [-0.25, -0.2) is 0 Å². The molecule has 1 aromatic heterocycles. The van der Waals surface area contributed by atoms with Gasteiger partial charge >= 0.3 is 11.1 Å². The van der Waals surface area contributed by atoms with Crippen LogP contribution in [0, 0.1) is 0 Å². The van der Waals surface area contributed by atoms with E-state index in [0.717, 1.165) is 23.9 Å². The molecule has 146 valence electrons. The third-order valence-electron chi connectivity index (χ3n) is 6.65. The summed E-state index contributed by atoms with van der Waals surface area (Å²) in [5.41, 5.74) is 0.611. The zero-order chi connectivity index (χ0) is 19.1. The van der Waals surface area contributed by atoms with Crippen molar-refractivity contribution in [3.05, 3.63) is 69.3 Å². The van der Waals surface area contributed by atoms with Crippen LogP contribution in [-0.4, -0.2) is 32.6 Å². The van der Waals surface area contributed by atoms with Gasteiger partial charge in [-0.1, -0.05) is 49.3 Å². The molecule has 0 saturated carbocycles. The molecule has 2 bridgehead atoms. The number of allylic oxidation sites excluding steroid dienone is 1. The number of fused-ring (bicyclic) bond motifs is 3. The van der Waals surface area contributed by atoms with Crippen molar-refractivity contribution in [2.75, 3.05) is 0 Å². The summed E-state index contributed by atoms with van der Waals surface area (Å²) in [5, 5.41) is 0. The van der Waals surface area contributed by atoms with Gasteiger partial charge in [0.05, 0.1) is 11.0 Å². The molecular weight excluding hydrogens is 350 g/mol. The molecule has 1 fully saturated rings. The monoisotopic (exact) mass is 377 g/mol. The van der Waals surface area contributed by atoms with Gasteiger partial charge < -0.3 is 4.98 Å². The predicted octanol–water partition coefficient (Wildman–Crippen LogP) is 3.52. The van der Waals surface area contributed by atoms with Crippen molar-refractivity contribution in [1.29, 1.82) is 0 Å². The van der Waals surface area contributed by atoms with Crippen LogP contribution in [0.25, 0.3) is 11.0 Å². The molecule has 1 N–H and O–H groups in total. The van der Waals surface area contributed by atoms with E-state index in [0.29, 0.717) is 18.1 Å². The Labute approximate surface area is 164 Å². The van der Waals surface area contributed by atoms with Crippen molar-refractivity contribution in [3.63, 3.8) is 0 Å². The summed E-state index contributed by atoms with van der Waals surface area (Å²) in [7, 11) is 0. The molecule has 1 saturated heterocycles. The van der Waals surface area contributed by atoms with Crippen LogP contribution in [0.2, 0.25) is 0 Å². The molecule has 1 aliphatic carbocycles. The van der Waals surface area contributed by atoms with E-state index in [1.165, 1.54) is 32.1 Å². The maximum atomic E-state index is 12.8. The van der Waals surface area contributed by atoms with Gasteiger partial charge in [-0.05, 0) is 44.2 Å². The quantitative estimate of drug-likeness (QED) is 0.643. The highest BCUT2D eigenvalue weighted by atomic mass is 16.2. The summed E-state index contributed by atoms with van der Waals surface area (Å²) < 4.78 is 1.76. The Morgan fingerprint density at radius 1 is 0.893 bits per heavy atom. The first-order valence-electron chi connectivity index (χ1n) is 10.6. The summed E-state index contributed by atoms with van der Waals surface area (Å²) in [4.78, 5) is 30.4. The van der Waals surface area contributed by atoms with Crippen LogP contribution >= 0.6 is 0 Å². The van der Waals surface area contributed by atoms with Gasteiger partial charge in [-0.3, -0.25) is 19.1 Å². The molecule has 0 radical (unpaired) electrons. The minimum absolute atomic E-state index is 0.0542. The van der Waals surface area contributed by atoms with E-state index >= 15 is 0 Å². The van der Waals surface area contributed by atoms with Crippen molar-refractivity contribution in [3.8, 4) is 0 Å². The fourth-order valence-corrected chi connectivity index (χ4v) is 5.40. The molecule has 2 aromatic rings. The van der Waals surface area contributed by atoms with Gasteiger partial charge in [-0.2, -0.15) is 0 Å². The standard InChI is InChI=1S/C23H27N3O2/c27-22-23(28)26(21-11-7-6-10-20(21)24-22)19-14-17-12-13-18(15-19)25(17)16-8-4-2-1-3-5-9-16/h4,6-8,10-13,16-19H,1-3,5,9,14-15H2,(H,24,27)/b8-4-/t16?,17-,18+,19?. The molecule has 5 rings (SSSR count). The summed E-state index contributed by atoms with van der Waals surface area (Å²) >= 11 is 0. The first kappa shape index (κ1) is 17.7. The zero-order valence-corrected chi connectivity index (χ0v) is 16.1. The molecule has 5 nitrogen and oxygen atoms in total. The third-order valence-corrected chi connectivity index (χ3v) is 6.65. The number of nitrogens with zero attached hydrogens (tertiary/aromatic N) is 2. The molecule has 0 spiro atoms. The number of rotatable bonds is 2. The maximum Gasteiger partial charge on any atom is 0.316 e. The fraction of sp³-hybridized carbons (Fsp3) is 0.478. The van der Waals surface area contributed by atoms with Gasteiger partial charge in [-0.15, -0.1) is 0 Å². The Kier molecular flexibility index (Phi) is 4.55. The highest BCUT2D eigenvalue weighted by Crippen LogP contribution is 2.39. The first-order valence-corrected chi connectivity index (χ1v) is 10.6. The Bertz CT molecular complexity index is 1030. The Morgan fingerprint density at radius 2 is 1.68 bits per heavy atom. The lowest BCUT2D eigenvalue weighted by Crippen LogP contribution is -2.51. The summed E-state index contributed by atoms with van der Waals surface area (Å²) in [6, 6.07) is 8.84. The average Bonchev–Trinajstić information content (AvgIpc) is 2.92. The second-order valence-electron chi connectivity index (χ2n) is 8.37. The predicted molar refractivity (Wildman–Crippen MR) is 112 cm³/mol. The SMILES string of the molecule is O=c1[nH]c2ccccc2n(C2C[C@H]3C=C[C@@H](C2)N3C2/C=C\CCCCC2)c1=O. The number of piperidine rings is 1. The molecule has 3 heterocycles. The molecular formula is C23H27N3O2. The van der Waals surface area contributed by atoms with E-state index in [-0.39, 0.29) is 6.04 Å². The lowest BCUT2D eigenvalue weighted by molar-refractivity contribution is 0.0880. The van der Waals surface area contributed by atoms with Crippen molar-refractivity contribution >= 4 is 11.0 Å². The summed E-state index contributed by atoms with van der Waals surface area (Å²) in [6.45, 7) is 0. The normalized spacial score (nSPS) is 31.6. The van der Waals surface area contributed by atoms with E-state index in [4.69, 9.17) is 0 Å². The second kappa shape index (κ2) is 7.21. The topological polar surface area (TPSA) is 58.1 Å². The van der Waals surface area contributed by atoms with Gasteiger partial charge in [0.15, 0.2) is 0 Å². The van der Waals surface area contributed by atoms with E-state index in [2.05, 4.69) is 34.2 Å². The van der Waals surface area contributed by atoms with Gasteiger partial charge in [0, 0.05) is 24.2 Å². The number of para-hydroxylation sites is 2. The molecule has 1 aromatic carbocycles. The van der Waals surface area contributed by atoms with Crippen LogP contribution in [0.4, 0.5) is 0 Å². The Hall–Kier alpha value is -2.40. The highest BCUT2D eigenvalue weighted by molar-refractivity contribution is 5.74. The molecule has 4 atom stereocenters. The minimum Gasteiger partial charge on any atom is -0.316 e. The first-order chi connectivity index (χ1) is 13.7. The van der Waals surface area contributed by atoms with Gasteiger partial charge in [0.1, 0.15) is 0 Å². The van der Waals surface area contributed by atoms with Crippen LogP contribution in [0.3, 0.4) is 0 Å². The molecule has 5 heteroatoms. The van der Waals surface area contributed by atoms with E-state index in [9.17, 15) is 9.59 Å². The largest absolute Gasteiger partial charge is 0.316 e. The molecule has 0 amide bonds. The van der Waals surface area contributed by atoms with Crippen molar-refractivity contribution in [2.45, 2.75) is 69.1 Å². The van der Waals surface area contributed by atoms with Crippen molar-refractivity contribution < 1.29 is 0 Å². The third kappa shape index (κ3) is 2.98. The van der Waals surface area contributed by atoms with E-state index in [1.54, 1.807) is 4.57 Å². The Morgan fingerprint density at radius 3 is 2.50 bits per heavy atom.